The van der Waals surface area contributed by atoms with Gasteiger partial charge in [-0.1, -0.05) is 15.9 Å². The van der Waals surface area contributed by atoms with Crippen molar-refractivity contribution in [3.63, 3.8) is 0 Å². The lowest BCUT2D eigenvalue weighted by Crippen LogP contribution is -2.27. The van der Waals surface area contributed by atoms with Crippen molar-refractivity contribution >= 4 is 33.6 Å². The molecule has 0 atom stereocenters. The second-order valence-corrected chi connectivity index (χ2v) is 5.20. The average Bonchev–Trinajstić information content (AvgIpc) is 2.25. The summed E-state index contributed by atoms with van der Waals surface area (Å²) < 4.78 is 1.04. The van der Waals surface area contributed by atoms with Gasteiger partial charge in [0.05, 0.1) is 12.4 Å². The Morgan fingerprint density at radius 1 is 1.56 bits per heavy atom. The highest BCUT2D eigenvalue weighted by atomic mass is 79.9. The molecule has 88 valence electrons. The van der Waals surface area contributed by atoms with Crippen LogP contribution in [0.5, 0.6) is 0 Å². The number of halogens is 1. The van der Waals surface area contributed by atoms with E-state index in [1.165, 1.54) is 11.8 Å². The molecule has 16 heavy (non-hydrogen) atoms. The number of carbonyl (C=O) groups excluding carboxylic acids is 1. The van der Waals surface area contributed by atoms with E-state index in [1.54, 1.807) is 0 Å². The summed E-state index contributed by atoms with van der Waals surface area (Å²) in [6.07, 6.45) is 0. The molecule has 0 unspecified atom stereocenters. The molecule has 0 aliphatic heterocycles. The van der Waals surface area contributed by atoms with Gasteiger partial charge in [0.25, 0.3) is 0 Å². The van der Waals surface area contributed by atoms with E-state index >= 15 is 0 Å². The predicted octanol–water partition coefficient (Wildman–Crippen LogP) is 1.96. The van der Waals surface area contributed by atoms with Crippen LogP contribution in [0, 0.1) is 6.92 Å². The van der Waals surface area contributed by atoms with Gasteiger partial charge in [-0.2, -0.15) is 0 Å². The summed E-state index contributed by atoms with van der Waals surface area (Å²) in [6, 6.07) is 5.97. The summed E-state index contributed by atoms with van der Waals surface area (Å²) in [5, 5.41) is 11.2. The fourth-order valence-electron chi connectivity index (χ4n) is 1.16. The molecule has 1 aromatic rings. The maximum Gasteiger partial charge on any atom is 0.230 e. The van der Waals surface area contributed by atoms with Crippen LogP contribution in [0.3, 0.4) is 0 Å². The van der Waals surface area contributed by atoms with E-state index < -0.39 is 0 Å². The quantitative estimate of drug-likeness (QED) is 0.818. The fourth-order valence-corrected chi connectivity index (χ4v) is 2.48. The zero-order chi connectivity index (χ0) is 12.0. The molecule has 1 rings (SSSR count). The van der Waals surface area contributed by atoms with Gasteiger partial charge in [-0.25, -0.2) is 0 Å². The molecule has 0 aliphatic carbocycles. The van der Waals surface area contributed by atoms with Crippen molar-refractivity contribution in [3.8, 4) is 0 Å². The number of carbonyl (C=O) groups is 1. The Morgan fingerprint density at radius 3 is 2.94 bits per heavy atom. The van der Waals surface area contributed by atoms with Gasteiger partial charge in [0.15, 0.2) is 0 Å². The van der Waals surface area contributed by atoms with Crippen LogP contribution in [0.15, 0.2) is 27.6 Å². The van der Waals surface area contributed by atoms with Crippen LogP contribution in [0.25, 0.3) is 0 Å². The Kier molecular flexibility index (Phi) is 5.87. The first-order valence-corrected chi connectivity index (χ1v) is 6.68. The van der Waals surface area contributed by atoms with Crippen LogP contribution < -0.4 is 5.32 Å². The van der Waals surface area contributed by atoms with Crippen molar-refractivity contribution in [2.24, 2.45) is 0 Å². The van der Waals surface area contributed by atoms with Crippen LogP contribution >= 0.6 is 27.7 Å². The summed E-state index contributed by atoms with van der Waals surface area (Å²) in [5.74, 6) is 0.323. The zero-order valence-corrected chi connectivity index (χ0v) is 11.4. The van der Waals surface area contributed by atoms with Crippen molar-refractivity contribution in [1.29, 1.82) is 0 Å². The van der Waals surface area contributed by atoms with Crippen molar-refractivity contribution < 1.29 is 9.90 Å². The topological polar surface area (TPSA) is 49.3 Å². The molecular formula is C11H14BrNO2S. The highest BCUT2D eigenvalue weighted by Crippen LogP contribution is 2.24. The number of aliphatic hydroxyl groups is 1. The van der Waals surface area contributed by atoms with Crippen molar-refractivity contribution in [1.82, 2.24) is 5.32 Å². The average molecular weight is 304 g/mol. The monoisotopic (exact) mass is 303 g/mol. The molecule has 1 aromatic carbocycles. The number of nitrogens with one attached hydrogen (secondary N) is 1. The van der Waals surface area contributed by atoms with Gasteiger partial charge < -0.3 is 10.4 Å². The van der Waals surface area contributed by atoms with Crippen molar-refractivity contribution in [2.45, 2.75) is 11.8 Å². The predicted molar refractivity (Wildman–Crippen MR) is 69.7 cm³/mol. The number of benzene rings is 1. The van der Waals surface area contributed by atoms with Crippen LogP contribution in [0.4, 0.5) is 0 Å². The number of rotatable bonds is 5. The first-order valence-electron chi connectivity index (χ1n) is 4.90. The normalized spacial score (nSPS) is 10.2. The molecule has 3 nitrogen and oxygen atoms in total. The third kappa shape index (κ3) is 4.55. The Morgan fingerprint density at radius 2 is 2.31 bits per heavy atom. The minimum atomic E-state index is -0.0543. The first kappa shape index (κ1) is 13.5. The second kappa shape index (κ2) is 6.93. The van der Waals surface area contributed by atoms with E-state index in [0.29, 0.717) is 12.3 Å². The Balaban J connectivity index is 2.45. The molecule has 0 aliphatic rings. The third-order valence-corrected chi connectivity index (χ3v) is 3.60. The van der Waals surface area contributed by atoms with E-state index in [2.05, 4.69) is 21.2 Å². The summed E-state index contributed by atoms with van der Waals surface area (Å²) >= 11 is 4.89. The second-order valence-electron chi connectivity index (χ2n) is 3.27. The lowest BCUT2D eigenvalue weighted by molar-refractivity contribution is -0.118. The number of amides is 1. The SMILES string of the molecule is Cc1cc(Br)ccc1SCC(=O)NCCO. The van der Waals surface area contributed by atoms with Crippen LogP contribution in [0.2, 0.25) is 0 Å². The van der Waals surface area contributed by atoms with E-state index in [4.69, 9.17) is 5.11 Å². The standard InChI is InChI=1S/C11H14BrNO2S/c1-8-6-9(12)2-3-10(8)16-7-11(15)13-4-5-14/h2-3,6,14H,4-5,7H2,1H3,(H,13,15). The molecule has 0 saturated carbocycles. The molecule has 1 amide bonds. The minimum absolute atomic E-state index is 0.0201. The molecular weight excluding hydrogens is 290 g/mol. The largest absolute Gasteiger partial charge is 0.395 e. The van der Waals surface area contributed by atoms with Gasteiger partial charge in [-0.15, -0.1) is 11.8 Å². The van der Waals surface area contributed by atoms with Crippen LogP contribution in [-0.2, 0) is 4.79 Å². The number of hydrogen-bond acceptors (Lipinski definition) is 3. The van der Waals surface area contributed by atoms with Gasteiger partial charge in [0.1, 0.15) is 0 Å². The molecule has 0 radical (unpaired) electrons. The number of thioether (sulfide) groups is 1. The van der Waals surface area contributed by atoms with E-state index in [1.807, 2.05) is 25.1 Å². The molecule has 0 fully saturated rings. The summed E-state index contributed by atoms with van der Waals surface area (Å²) in [6.45, 7) is 2.31. The highest BCUT2D eigenvalue weighted by Gasteiger charge is 2.04. The first-order chi connectivity index (χ1) is 7.63. The number of hydrogen-bond donors (Lipinski definition) is 2. The number of aryl methyl sites for hydroxylation is 1. The Hall–Kier alpha value is -0.520. The van der Waals surface area contributed by atoms with E-state index in [0.717, 1.165) is 14.9 Å². The Bertz CT molecular complexity index is 371. The maximum absolute atomic E-state index is 11.3. The van der Waals surface area contributed by atoms with E-state index in [-0.39, 0.29) is 12.5 Å². The molecule has 0 spiro atoms. The number of aliphatic hydroxyl groups excluding tert-OH is 1. The fraction of sp³-hybridized carbons (Fsp3) is 0.364. The lowest BCUT2D eigenvalue weighted by Gasteiger charge is -2.06. The molecule has 2 N–H and O–H groups in total. The smallest absolute Gasteiger partial charge is 0.230 e. The Labute approximate surface area is 108 Å². The van der Waals surface area contributed by atoms with E-state index in [9.17, 15) is 4.79 Å². The molecule has 5 heteroatoms. The third-order valence-electron chi connectivity index (χ3n) is 1.93. The summed E-state index contributed by atoms with van der Waals surface area (Å²) in [4.78, 5) is 12.4. The molecule has 0 bridgehead atoms. The highest BCUT2D eigenvalue weighted by molar-refractivity contribution is 9.10. The molecule has 0 aromatic heterocycles. The van der Waals surface area contributed by atoms with Crippen molar-refractivity contribution in [2.75, 3.05) is 18.9 Å². The molecule has 0 heterocycles. The lowest BCUT2D eigenvalue weighted by atomic mass is 10.2. The van der Waals surface area contributed by atoms with Gasteiger partial charge in [-0.05, 0) is 30.7 Å². The maximum atomic E-state index is 11.3. The van der Waals surface area contributed by atoms with Gasteiger partial charge in [0, 0.05) is 15.9 Å². The van der Waals surface area contributed by atoms with Gasteiger partial charge in [0.2, 0.25) is 5.91 Å². The molecule has 0 saturated heterocycles. The zero-order valence-electron chi connectivity index (χ0n) is 9.00. The van der Waals surface area contributed by atoms with Crippen LogP contribution in [-0.4, -0.2) is 29.9 Å². The van der Waals surface area contributed by atoms with Gasteiger partial charge >= 0.3 is 0 Å². The van der Waals surface area contributed by atoms with Crippen molar-refractivity contribution in [3.05, 3.63) is 28.2 Å². The van der Waals surface area contributed by atoms with Crippen LogP contribution in [0.1, 0.15) is 5.56 Å². The minimum Gasteiger partial charge on any atom is -0.395 e. The van der Waals surface area contributed by atoms with Gasteiger partial charge in [-0.3, -0.25) is 4.79 Å². The summed E-state index contributed by atoms with van der Waals surface area (Å²) in [7, 11) is 0. The summed E-state index contributed by atoms with van der Waals surface area (Å²) in [5.41, 5.74) is 1.15.